The van der Waals surface area contributed by atoms with Crippen LogP contribution in [0.2, 0.25) is 5.02 Å². The minimum Gasteiger partial charge on any atom is -0.481 e. The lowest BCUT2D eigenvalue weighted by molar-refractivity contribution is -0.138. The van der Waals surface area contributed by atoms with Crippen molar-refractivity contribution in [1.29, 1.82) is 0 Å². The van der Waals surface area contributed by atoms with Crippen molar-refractivity contribution in [2.45, 2.75) is 19.9 Å². The molecule has 0 aliphatic heterocycles. The molecule has 0 radical (unpaired) electrons. The molecule has 2 rings (SSSR count). The molecule has 20 heavy (non-hydrogen) atoms. The number of hydrogen-bond donors (Lipinski definition) is 1. The summed E-state index contributed by atoms with van der Waals surface area (Å²) in [6, 6.07) is 5.42. The summed E-state index contributed by atoms with van der Waals surface area (Å²) >= 11 is 9.38. The predicted octanol–water partition coefficient (Wildman–Crippen LogP) is 2.87. The third-order valence-corrected chi connectivity index (χ3v) is 3.95. The number of tetrazole rings is 1. The Labute approximate surface area is 128 Å². The van der Waals surface area contributed by atoms with Gasteiger partial charge in [-0.1, -0.05) is 18.5 Å². The minimum atomic E-state index is -0.834. The van der Waals surface area contributed by atoms with E-state index >= 15 is 0 Å². The maximum atomic E-state index is 10.7. The number of halogens is 2. The number of aromatic nitrogens is 4. The quantitative estimate of drug-likeness (QED) is 0.888. The van der Waals surface area contributed by atoms with E-state index < -0.39 is 5.97 Å². The molecule has 0 fully saturated rings. The number of benzene rings is 1. The number of rotatable bonds is 5. The zero-order chi connectivity index (χ0) is 14.7. The topological polar surface area (TPSA) is 80.9 Å². The maximum Gasteiger partial charge on any atom is 0.303 e. The normalized spacial score (nSPS) is 12.3. The molecular formula is C12H12BrClN4O2. The molecule has 0 amide bonds. The molecule has 0 saturated carbocycles. The molecule has 1 aromatic heterocycles. The third kappa shape index (κ3) is 3.55. The standard InChI is InChI=1S/C12H12BrClN4O2/c1-7(4-11(19)20)6-18-12(15-16-17-18)8-2-3-9(13)10(14)5-8/h2-3,5,7H,4,6H2,1H3,(H,19,20). The summed E-state index contributed by atoms with van der Waals surface area (Å²) in [6.07, 6.45) is 0.0698. The lowest BCUT2D eigenvalue weighted by atomic mass is 10.1. The van der Waals surface area contributed by atoms with Crippen LogP contribution in [0.1, 0.15) is 13.3 Å². The summed E-state index contributed by atoms with van der Waals surface area (Å²) in [7, 11) is 0. The van der Waals surface area contributed by atoms with Crippen molar-refractivity contribution >= 4 is 33.5 Å². The van der Waals surface area contributed by atoms with Gasteiger partial charge in [0.2, 0.25) is 0 Å². The van der Waals surface area contributed by atoms with E-state index in [4.69, 9.17) is 16.7 Å². The Morgan fingerprint density at radius 1 is 1.55 bits per heavy atom. The first-order valence-electron chi connectivity index (χ1n) is 5.90. The second kappa shape index (κ2) is 6.32. The van der Waals surface area contributed by atoms with E-state index in [1.54, 1.807) is 10.7 Å². The molecule has 0 saturated heterocycles. The number of carbonyl (C=O) groups is 1. The van der Waals surface area contributed by atoms with Gasteiger partial charge in [0.15, 0.2) is 5.82 Å². The number of nitrogens with zero attached hydrogens (tertiary/aromatic N) is 4. The van der Waals surface area contributed by atoms with Crippen molar-refractivity contribution in [2.75, 3.05) is 0 Å². The van der Waals surface area contributed by atoms with Crippen molar-refractivity contribution in [3.05, 3.63) is 27.7 Å². The summed E-state index contributed by atoms with van der Waals surface area (Å²) in [5, 5.41) is 20.9. The SMILES string of the molecule is CC(CC(=O)O)Cn1nnnc1-c1ccc(Br)c(Cl)c1. The molecular weight excluding hydrogens is 348 g/mol. The van der Waals surface area contributed by atoms with E-state index in [0.717, 1.165) is 10.0 Å². The molecule has 106 valence electrons. The second-order valence-corrected chi connectivity index (χ2v) is 5.78. The zero-order valence-electron chi connectivity index (χ0n) is 10.6. The molecule has 1 aromatic carbocycles. The summed E-state index contributed by atoms with van der Waals surface area (Å²) in [4.78, 5) is 10.7. The Morgan fingerprint density at radius 2 is 2.30 bits per heavy atom. The number of carboxylic acids is 1. The first kappa shape index (κ1) is 14.9. The van der Waals surface area contributed by atoms with Crippen LogP contribution in [0.25, 0.3) is 11.4 Å². The lowest BCUT2D eigenvalue weighted by Crippen LogP contribution is -2.14. The van der Waals surface area contributed by atoms with Crippen molar-refractivity contribution in [3.63, 3.8) is 0 Å². The van der Waals surface area contributed by atoms with Gasteiger partial charge in [0.25, 0.3) is 0 Å². The van der Waals surface area contributed by atoms with Gasteiger partial charge < -0.3 is 5.11 Å². The second-order valence-electron chi connectivity index (χ2n) is 4.52. The monoisotopic (exact) mass is 358 g/mol. The van der Waals surface area contributed by atoms with Crippen LogP contribution in [0.4, 0.5) is 0 Å². The van der Waals surface area contributed by atoms with Crippen LogP contribution in [0, 0.1) is 5.92 Å². The van der Waals surface area contributed by atoms with Crippen LogP contribution < -0.4 is 0 Å². The van der Waals surface area contributed by atoms with Gasteiger partial charge in [-0.2, -0.15) is 0 Å². The molecule has 1 heterocycles. The third-order valence-electron chi connectivity index (χ3n) is 2.72. The maximum absolute atomic E-state index is 10.7. The highest BCUT2D eigenvalue weighted by Gasteiger charge is 2.14. The van der Waals surface area contributed by atoms with Crippen molar-refractivity contribution < 1.29 is 9.90 Å². The van der Waals surface area contributed by atoms with Gasteiger partial charge in [-0.3, -0.25) is 4.79 Å². The van der Waals surface area contributed by atoms with E-state index in [0.29, 0.717) is 17.4 Å². The first-order chi connectivity index (χ1) is 9.47. The van der Waals surface area contributed by atoms with Crippen LogP contribution in [0.3, 0.4) is 0 Å². The Bertz CT molecular complexity index is 632. The summed E-state index contributed by atoms with van der Waals surface area (Å²) in [5.74, 6) is -0.337. The van der Waals surface area contributed by atoms with E-state index in [1.807, 2.05) is 19.1 Å². The number of hydrogen-bond acceptors (Lipinski definition) is 4. The number of carboxylic acid groups (broad SMARTS) is 1. The first-order valence-corrected chi connectivity index (χ1v) is 7.08. The molecule has 0 bridgehead atoms. The Kier molecular flexibility index (Phi) is 4.72. The fraction of sp³-hybridized carbons (Fsp3) is 0.333. The van der Waals surface area contributed by atoms with Gasteiger partial charge >= 0.3 is 5.97 Å². The summed E-state index contributed by atoms with van der Waals surface area (Å²) in [6.45, 7) is 2.27. The molecule has 1 atom stereocenters. The van der Waals surface area contributed by atoms with E-state index in [-0.39, 0.29) is 12.3 Å². The van der Waals surface area contributed by atoms with E-state index in [2.05, 4.69) is 31.5 Å². The molecule has 0 spiro atoms. The van der Waals surface area contributed by atoms with Crippen molar-refractivity contribution in [2.24, 2.45) is 5.92 Å². The van der Waals surface area contributed by atoms with Crippen LogP contribution in [0.15, 0.2) is 22.7 Å². The molecule has 1 unspecified atom stereocenters. The summed E-state index contributed by atoms with van der Waals surface area (Å²) in [5.41, 5.74) is 0.783. The smallest absolute Gasteiger partial charge is 0.303 e. The van der Waals surface area contributed by atoms with Crippen LogP contribution in [-0.4, -0.2) is 31.3 Å². The Hall–Kier alpha value is -1.47. The van der Waals surface area contributed by atoms with E-state index in [1.165, 1.54) is 0 Å². The molecule has 1 N–H and O–H groups in total. The van der Waals surface area contributed by atoms with Gasteiger partial charge in [-0.25, -0.2) is 4.68 Å². The predicted molar refractivity (Wildman–Crippen MR) is 77.4 cm³/mol. The molecule has 2 aromatic rings. The Balaban J connectivity index is 2.23. The van der Waals surface area contributed by atoms with Crippen molar-refractivity contribution in [3.8, 4) is 11.4 Å². The minimum absolute atomic E-state index is 0.0688. The van der Waals surface area contributed by atoms with Gasteiger partial charge in [0, 0.05) is 23.0 Å². The molecule has 6 nitrogen and oxygen atoms in total. The lowest BCUT2D eigenvalue weighted by Gasteiger charge is -2.10. The summed E-state index contributed by atoms with van der Waals surface area (Å²) < 4.78 is 2.38. The molecule has 0 aliphatic carbocycles. The highest BCUT2D eigenvalue weighted by atomic mass is 79.9. The average Bonchev–Trinajstić information content (AvgIpc) is 2.79. The largest absolute Gasteiger partial charge is 0.481 e. The van der Waals surface area contributed by atoms with Gasteiger partial charge in [-0.05, 0) is 50.5 Å². The Morgan fingerprint density at radius 3 is 2.95 bits per heavy atom. The van der Waals surface area contributed by atoms with E-state index in [9.17, 15) is 4.79 Å². The van der Waals surface area contributed by atoms with Gasteiger partial charge in [-0.15, -0.1) is 5.10 Å². The van der Waals surface area contributed by atoms with Crippen LogP contribution >= 0.6 is 27.5 Å². The fourth-order valence-corrected chi connectivity index (χ4v) is 2.25. The van der Waals surface area contributed by atoms with Gasteiger partial charge in [0.1, 0.15) is 0 Å². The molecule has 8 heteroatoms. The average molecular weight is 360 g/mol. The zero-order valence-corrected chi connectivity index (χ0v) is 13.0. The van der Waals surface area contributed by atoms with Crippen LogP contribution in [0.5, 0.6) is 0 Å². The van der Waals surface area contributed by atoms with Crippen molar-refractivity contribution in [1.82, 2.24) is 20.2 Å². The molecule has 0 aliphatic rings. The van der Waals surface area contributed by atoms with Crippen LogP contribution in [-0.2, 0) is 11.3 Å². The highest BCUT2D eigenvalue weighted by molar-refractivity contribution is 9.10. The highest BCUT2D eigenvalue weighted by Crippen LogP contribution is 2.27. The van der Waals surface area contributed by atoms with Gasteiger partial charge in [0.05, 0.1) is 5.02 Å². The number of aliphatic carboxylic acids is 1. The fourth-order valence-electron chi connectivity index (χ4n) is 1.83.